The van der Waals surface area contributed by atoms with Crippen LogP contribution >= 0.6 is 0 Å². The van der Waals surface area contributed by atoms with Crippen LogP contribution in [0.5, 0.6) is 0 Å². The Kier molecular flexibility index (Phi) is 4.59. The summed E-state index contributed by atoms with van der Waals surface area (Å²) >= 11 is 0. The molecule has 1 unspecified atom stereocenters. The summed E-state index contributed by atoms with van der Waals surface area (Å²) in [6.45, 7) is 6.59. The van der Waals surface area contributed by atoms with Gasteiger partial charge >= 0.3 is 5.97 Å². The van der Waals surface area contributed by atoms with E-state index < -0.39 is 5.97 Å². The first-order valence-electron chi connectivity index (χ1n) is 6.99. The number of nitrogens with one attached hydrogen (secondary N) is 1. The quantitative estimate of drug-likeness (QED) is 0.828. The van der Waals surface area contributed by atoms with E-state index in [1.807, 2.05) is 25.5 Å². The van der Waals surface area contributed by atoms with Crippen molar-refractivity contribution < 1.29 is 14.7 Å². The lowest BCUT2D eigenvalue weighted by molar-refractivity contribution is -0.122. The standard InChI is InChI=1S/C14H19N5O3/c1-4-19-10(3)12(6-16-19)9(2)17-13(20)8-18-7-11(5-15-18)14(21)22/h5-7,9H,4,8H2,1-3H3,(H,17,20)(H,21,22). The number of hydrogen-bond acceptors (Lipinski definition) is 4. The monoisotopic (exact) mass is 305 g/mol. The summed E-state index contributed by atoms with van der Waals surface area (Å²) in [6, 6.07) is -0.178. The Labute approximate surface area is 127 Å². The van der Waals surface area contributed by atoms with Crippen molar-refractivity contribution in [2.75, 3.05) is 0 Å². The molecule has 0 saturated heterocycles. The van der Waals surface area contributed by atoms with Gasteiger partial charge in [-0.2, -0.15) is 10.2 Å². The van der Waals surface area contributed by atoms with Crippen LogP contribution in [0.15, 0.2) is 18.6 Å². The SMILES string of the molecule is CCn1ncc(C(C)NC(=O)Cn2cc(C(=O)O)cn2)c1C. The number of carbonyl (C=O) groups excluding carboxylic acids is 1. The maximum absolute atomic E-state index is 12.0. The van der Waals surface area contributed by atoms with E-state index in [0.29, 0.717) is 0 Å². The number of rotatable bonds is 6. The van der Waals surface area contributed by atoms with Gasteiger partial charge in [-0.25, -0.2) is 4.79 Å². The van der Waals surface area contributed by atoms with Crippen molar-refractivity contribution in [1.29, 1.82) is 0 Å². The van der Waals surface area contributed by atoms with Gasteiger partial charge in [0.25, 0.3) is 0 Å². The van der Waals surface area contributed by atoms with Gasteiger partial charge in [0.2, 0.25) is 5.91 Å². The molecule has 2 N–H and O–H groups in total. The largest absolute Gasteiger partial charge is 0.478 e. The molecule has 0 aliphatic carbocycles. The number of carboxylic acids is 1. The van der Waals surface area contributed by atoms with E-state index in [1.165, 1.54) is 17.1 Å². The van der Waals surface area contributed by atoms with Crippen LogP contribution in [0.25, 0.3) is 0 Å². The molecule has 118 valence electrons. The van der Waals surface area contributed by atoms with Crippen molar-refractivity contribution in [3.8, 4) is 0 Å². The van der Waals surface area contributed by atoms with E-state index in [9.17, 15) is 9.59 Å². The smallest absolute Gasteiger partial charge is 0.338 e. The maximum atomic E-state index is 12.0. The third kappa shape index (κ3) is 3.33. The van der Waals surface area contributed by atoms with Gasteiger partial charge in [0.1, 0.15) is 6.54 Å². The Balaban J connectivity index is 1.98. The number of carbonyl (C=O) groups is 2. The van der Waals surface area contributed by atoms with Gasteiger partial charge in [0.15, 0.2) is 0 Å². The Morgan fingerprint density at radius 2 is 2.09 bits per heavy atom. The first kappa shape index (κ1) is 15.7. The number of amides is 1. The van der Waals surface area contributed by atoms with E-state index in [-0.39, 0.29) is 24.1 Å². The van der Waals surface area contributed by atoms with Gasteiger partial charge in [-0.05, 0) is 20.8 Å². The second kappa shape index (κ2) is 6.42. The highest BCUT2D eigenvalue weighted by Crippen LogP contribution is 2.16. The molecule has 1 amide bonds. The Morgan fingerprint density at radius 1 is 1.36 bits per heavy atom. The summed E-state index contributed by atoms with van der Waals surface area (Å²) in [6.07, 6.45) is 4.29. The fraction of sp³-hybridized carbons (Fsp3) is 0.429. The minimum absolute atomic E-state index is 0.0292. The van der Waals surface area contributed by atoms with Crippen LogP contribution in [0.4, 0.5) is 0 Å². The van der Waals surface area contributed by atoms with Gasteiger partial charge < -0.3 is 10.4 Å². The van der Waals surface area contributed by atoms with Crippen molar-refractivity contribution in [2.45, 2.75) is 39.9 Å². The molecule has 0 aromatic carbocycles. The lowest BCUT2D eigenvalue weighted by atomic mass is 10.1. The number of aromatic carboxylic acids is 1. The van der Waals surface area contributed by atoms with Crippen molar-refractivity contribution in [3.63, 3.8) is 0 Å². The second-order valence-corrected chi connectivity index (χ2v) is 5.02. The number of aromatic nitrogens is 4. The number of nitrogens with zero attached hydrogens (tertiary/aromatic N) is 4. The van der Waals surface area contributed by atoms with Crippen LogP contribution < -0.4 is 5.32 Å². The number of aryl methyl sites for hydroxylation is 1. The fourth-order valence-electron chi connectivity index (χ4n) is 2.28. The second-order valence-electron chi connectivity index (χ2n) is 5.02. The fourth-order valence-corrected chi connectivity index (χ4v) is 2.28. The highest BCUT2D eigenvalue weighted by molar-refractivity contribution is 5.87. The zero-order valence-corrected chi connectivity index (χ0v) is 12.8. The predicted molar refractivity (Wildman–Crippen MR) is 78.4 cm³/mol. The Hall–Kier alpha value is -2.64. The molecule has 0 aliphatic rings. The molecular formula is C14H19N5O3. The molecule has 2 aromatic heterocycles. The summed E-state index contributed by atoms with van der Waals surface area (Å²) in [7, 11) is 0. The van der Waals surface area contributed by atoms with Crippen molar-refractivity contribution in [1.82, 2.24) is 24.9 Å². The van der Waals surface area contributed by atoms with Crippen LogP contribution in [-0.2, 0) is 17.9 Å². The molecule has 8 heteroatoms. The number of carboxylic acid groups (broad SMARTS) is 1. The average molecular weight is 305 g/mol. The van der Waals surface area contributed by atoms with Gasteiger partial charge in [-0.3, -0.25) is 14.2 Å². The van der Waals surface area contributed by atoms with Crippen LogP contribution in [0.1, 0.15) is 41.5 Å². The number of hydrogen-bond donors (Lipinski definition) is 2. The van der Waals surface area contributed by atoms with E-state index in [0.717, 1.165) is 17.8 Å². The molecule has 22 heavy (non-hydrogen) atoms. The first-order valence-corrected chi connectivity index (χ1v) is 6.99. The molecule has 1 atom stereocenters. The third-order valence-corrected chi connectivity index (χ3v) is 3.47. The molecule has 0 spiro atoms. The normalized spacial score (nSPS) is 12.1. The van der Waals surface area contributed by atoms with Crippen molar-refractivity contribution in [2.24, 2.45) is 0 Å². The predicted octanol–water partition coefficient (Wildman–Crippen LogP) is 0.984. The molecule has 0 fully saturated rings. The summed E-state index contributed by atoms with van der Waals surface area (Å²) in [5.74, 6) is -1.31. The van der Waals surface area contributed by atoms with Crippen LogP contribution in [0.2, 0.25) is 0 Å². The molecule has 0 aliphatic heterocycles. The molecular weight excluding hydrogens is 286 g/mol. The van der Waals surface area contributed by atoms with Crippen LogP contribution in [-0.4, -0.2) is 36.5 Å². The average Bonchev–Trinajstić information content (AvgIpc) is 3.05. The minimum Gasteiger partial charge on any atom is -0.478 e. The Morgan fingerprint density at radius 3 is 2.64 bits per heavy atom. The Bertz CT molecular complexity index is 688. The van der Waals surface area contributed by atoms with Gasteiger partial charge in [0.05, 0.1) is 24.0 Å². The van der Waals surface area contributed by atoms with E-state index in [2.05, 4.69) is 15.5 Å². The zero-order valence-electron chi connectivity index (χ0n) is 12.8. The summed E-state index contributed by atoms with van der Waals surface area (Å²) in [4.78, 5) is 22.8. The zero-order chi connectivity index (χ0) is 16.3. The summed E-state index contributed by atoms with van der Waals surface area (Å²) in [5, 5.41) is 19.8. The van der Waals surface area contributed by atoms with E-state index in [1.54, 1.807) is 6.20 Å². The lowest BCUT2D eigenvalue weighted by Gasteiger charge is -2.14. The van der Waals surface area contributed by atoms with Crippen molar-refractivity contribution in [3.05, 3.63) is 35.4 Å². The molecule has 0 radical (unpaired) electrons. The lowest BCUT2D eigenvalue weighted by Crippen LogP contribution is -2.30. The van der Waals surface area contributed by atoms with Gasteiger partial charge in [-0.1, -0.05) is 0 Å². The molecule has 2 aromatic rings. The first-order chi connectivity index (χ1) is 10.4. The maximum Gasteiger partial charge on any atom is 0.338 e. The van der Waals surface area contributed by atoms with Crippen LogP contribution in [0.3, 0.4) is 0 Å². The highest BCUT2D eigenvalue weighted by atomic mass is 16.4. The van der Waals surface area contributed by atoms with Crippen LogP contribution in [0, 0.1) is 6.92 Å². The molecule has 2 heterocycles. The van der Waals surface area contributed by atoms with E-state index in [4.69, 9.17) is 5.11 Å². The highest BCUT2D eigenvalue weighted by Gasteiger charge is 2.16. The topological polar surface area (TPSA) is 102 Å². The molecule has 0 bridgehead atoms. The molecule has 8 nitrogen and oxygen atoms in total. The molecule has 0 saturated carbocycles. The third-order valence-electron chi connectivity index (χ3n) is 3.47. The minimum atomic E-state index is -1.07. The summed E-state index contributed by atoms with van der Waals surface area (Å²) < 4.78 is 3.17. The van der Waals surface area contributed by atoms with Crippen molar-refractivity contribution >= 4 is 11.9 Å². The molecule has 2 rings (SSSR count). The van der Waals surface area contributed by atoms with E-state index >= 15 is 0 Å². The van der Waals surface area contributed by atoms with Gasteiger partial charge in [0, 0.05) is 24.0 Å². The van der Waals surface area contributed by atoms with Gasteiger partial charge in [-0.15, -0.1) is 0 Å². The summed E-state index contributed by atoms with van der Waals surface area (Å²) in [5.41, 5.74) is 2.03.